The van der Waals surface area contributed by atoms with Crippen molar-refractivity contribution in [2.24, 2.45) is 5.92 Å². The molecule has 0 amide bonds. The van der Waals surface area contributed by atoms with Gasteiger partial charge in [0.1, 0.15) is 0 Å². The second-order valence-corrected chi connectivity index (χ2v) is 5.80. The highest BCUT2D eigenvalue weighted by Crippen LogP contribution is 2.17. The summed E-state index contributed by atoms with van der Waals surface area (Å²) in [5.41, 5.74) is 0. The zero-order valence-corrected chi connectivity index (χ0v) is 12.0. The van der Waals surface area contributed by atoms with Gasteiger partial charge in [-0.25, -0.2) is 0 Å². The van der Waals surface area contributed by atoms with Gasteiger partial charge in [-0.1, -0.05) is 33.6 Å². The molecule has 0 bridgehead atoms. The maximum Gasteiger partial charge on any atom is 0.0488 e. The van der Waals surface area contributed by atoms with Crippen LogP contribution in [0.2, 0.25) is 0 Å². The Kier molecular flexibility index (Phi) is 11.5. The van der Waals surface area contributed by atoms with Crippen LogP contribution in [0.3, 0.4) is 0 Å². The van der Waals surface area contributed by atoms with Gasteiger partial charge in [0.2, 0.25) is 0 Å². The molecule has 92 valence electrons. The first kappa shape index (κ1) is 15.6. The van der Waals surface area contributed by atoms with Gasteiger partial charge in [-0.3, -0.25) is 0 Å². The minimum Gasteiger partial charge on any atom is -0.315 e. The molecule has 1 unspecified atom stereocenters. The highest BCUT2D eigenvalue weighted by atomic mass is 35.5. The predicted molar refractivity (Wildman–Crippen MR) is 74.2 cm³/mol. The molecule has 0 aromatic heterocycles. The standard InChI is InChI=1S/C12H26ClNS/c1-4-11(5-2)12(13)10-14-8-7-9-15-6-3/h11-12,14H,4-10H2,1-3H3. The molecule has 0 saturated heterocycles. The van der Waals surface area contributed by atoms with E-state index in [0.29, 0.717) is 11.3 Å². The fraction of sp³-hybridized carbons (Fsp3) is 1.00. The van der Waals surface area contributed by atoms with Crippen molar-refractivity contribution in [1.82, 2.24) is 5.32 Å². The van der Waals surface area contributed by atoms with Gasteiger partial charge in [-0.15, -0.1) is 11.6 Å². The average molecular weight is 252 g/mol. The first-order valence-corrected chi connectivity index (χ1v) is 7.77. The molecule has 1 N–H and O–H groups in total. The van der Waals surface area contributed by atoms with Gasteiger partial charge < -0.3 is 5.32 Å². The summed E-state index contributed by atoms with van der Waals surface area (Å²) in [6, 6.07) is 0. The van der Waals surface area contributed by atoms with E-state index in [1.807, 2.05) is 11.8 Å². The van der Waals surface area contributed by atoms with Gasteiger partial charge in [-0.05, 0) is 30.4 Å². The van der Waals surface area contributed by atoms with Crippen molar-refractivity contribution in [2.45, 2.75) is 45.4 Å². The van der Waals surface area contributed by atoms with Crippen LogP contribution in [0.15, 0.2) is 0 Å². The Morgan fingerprint density at radius 2 is 1.87 bits per heavy atom. The van der Waals surface area contributed by atoms with Gasteiger partial charge in [0.05, 0.1) is 0 Å². The second-order valence-electron chi connectivity index (χ2n) is 3.85. The Bertz CT molecular complexity index is 129. The third kappa shape index (κ3) is 8.41. The molecule has 0 aliphatic carbocycles. The molecule has 0 aliphatic heterocycles. The molecular formula is C12H26ClNS. The lowest BCUT2D eigenvalue weighted by atomic mass is 9.99. The van der Waals surface area contributed by atoms with Crippen molar-refractivity contribution in [2.75, 3.05) is 24.6 Å². The molecule has 0 aliphatic rings. The maximum absolute atomic E-state index is 6.32. The number of nitrogens with one attached hydrogen (secondary N) is 1. The largest absolute Gasteiger partial charge is 0.315 e. The van der Waals surface area contributed by atoms with Gasteiger partial charge in [0, 0.05) is 11.9 Å². The summed E-state index contributed by atoms with van der Waals surface area (Å²) in [6.07, 6.45) is 3.64. The monoisotopic (exact) mass is 251 g/mol. The maximum atomic E-state index is 6.32. The number of hydrogen-bond acceptors (Lipinski definition) is 2. The van der Waals surface area contributed by atoms with Gasteiger partial charge in [0.25, 0.3) is 0 Å². The molecular weight excluding hydrogens is 226 g/mol. The predicted octanol–water partition coefficient (Wildman–Crippen LogP) is 3.76. The van der Waals surface area contributed by atoms with Crippen LogP contribution in [0.1, 0.15) is 40.0 Å². The summed E-state index contributed by atoms with van der Waals surface area (Å²) in [4.78, 5) is 0. The number of halogens is 1. The number of hydrogen-bond donors (Lipinski definition) is 1. The summed E-state index contributed by atoms with van der Waals surface area (Å²) in [5, 5.41) is 3.75. The molecule has 1 nitrogen and oxygen atoms in total. The zero-order valence-electron chi connectivity index (χ0n) is 10.4. The third-order valence-corrected chi connectivity index (χ3v) is 4.24. The molecule has 15 heavy (non-hydrogen) atoms. The minimum atomic E-state index is 0.304. The van der Waals surface area contributed by atoms with Gasteiger partial charge >= 0.3 is 0 Å². The first-order chi connectivity index (χ1) is 7.26. The lowest BCUT2D eigenvalue weighted by molar-refractivity contribution is 0.447. The van der Waals surface area contributed by atoms with E-state index in [1.165, 1.54) is 30.8 Å². The van der Waals surface area contributed by atoms with Crippen LogP contribution >= 0.6 is 23.4 Å². The number of thioether (sulfide) groups is 1. The van der Waals surface area contributed by atoms with Crippen LogP contribution in [0.4, 0.5) is 0 Å². The molecule has 0 spiro atoms. The Labute approximate surface area is 105 Å². The SMILES string of the molecule is CCSCCCNCC(Cl)C(CC)CC. The highest BCUT2D eigenvalue weighted by molar-refractivity contribution is 7.99. The quantitative estimate of drug-likeness (QED) is 0.469. The van der Waals surface area contributed by atoms with Crippen LogP contribution in [0, 0.1) is 5.92 Å². The van der Waals surface area contributed by atoms with E-state index >= 15 is 0 Å². The van der Waals surface area contributed by atoms with Crippen LogP contribution in [0.25, 0.3) is 0 Å². The smallest absolute Gasteiger partial charge is 0.0488 e. The highest BCUT2D eigenvalue weighted by Gasteiger charge is 2.14. The Balaban J connectivity index is 3.33. The fourth-order valence-corrected chi connectivity index (χ4v) is 2.75. The molecule has 0 heterocycles. The Morgan fingerprint density at radius 1 is 1.20 bits per heavy atom. The normalized spacial score (nSPS) is 13.4. The van der Waals surface area contributed by atoms with Crippen molar-refractivity contribution >= 4 is 23.4 Å². The van der Waals surface area contributed by atoms with E-state index in [2.05, 4.69) is 26.1 Å². The van der Waals surface area contributed by atoms with E-state index in [0.717, 1.165) is 13.1 Å². The van der Waals surface area contributed by atoms with E-state index in [1.54, 1.807) is 0 Å². The summed E-state index contributed by atoms with van der Waals surface area (Å²) < 4.78 is 0. The minimum absolute atomic E-state index is 0.304. The number of alkyl halides is 1. The molecule has 3 heteroatoms. The molecule has 0 rings (SSSR count). The lowest BCUT2D eigenvalue weighted by Gasteiger charge is -2.19. The Morgan fingerprint density at radius 3 is 2.40 bits per heavy atom. The van der Waals surface area contributed by atoms with E-state index in [9.17, 15) is 0 Å². The molecule has 0 aromatic carbocycles. The lowest BCUT2D eigenvalue weighted by Crippen LogP contribution is -2.29. The van der Waals surface area contributed by atoms with Crippen LogP contribution < -0.4 is 5.32 Å². The molecule has 0 radical (unpaired) electrons. The topological polar surface area (TPSA) is 12.0 Å². The van der Waals surface area contributed by atoms with Crippen molar-refractivity contribution in [3.8, 4) is 0 Å². The zero-order chi connectivity index (χ0) is 11.5. The summed E-state index contributed by atoms with van der Waals surface area (Å²) in [7, 11) is 0. The first-order valence-electron chi connectivity index (χ1n) is 6.18. The summed E-state index contributed by atoms with van der Waals surface area (Å²) >= 11 is 8.33. The van der Waals surface area contributed by atoms with Crippen molar-refractivity contribution < 1.29 is 0 Å². The van der Waals surface area contributed by atoms with Crippen LogP contribution in [-0.4, -0.2) is 30.0 Å². The van der Waals surface area contributed by atoms with Crippen LogP contribution in [0.5, 0.6) is 0 Å². The fourth-order valence-electron chi connectivity index (χ4n) is 1.65. The third-order valence-electron chi connectivity index (χ3n) is 2.75. The summed E-state index contributed by atoms with van der Waals surface area (Å²) in [5.74, 6) is 3.16. The second kappa shape index (κ2) is 11.1. The summed E-state index contributed by atoms with van der Waals surface area (Å²) in [6.45, 7) is 8.73. The molecule has 0 saturated carbocycles. The van der Waals surface area contributed by atoms with Crippen molar-refractivity contribution in [3.05, 3.63) is 0 Å². The van der Waals surface area contributed by atoms with Crippen LogP contribution in [-0.2, 0) is 0 Å². The van der Waals surface area contributed by atoms with Gasteiger partial charge in [-0.2, -0.15) is 11.8 Å². The number of rotatable bonds is 10. The van der Waals surface area contributed by atoms with E-state index in [-0.39, 0.29) is 0 Å². The van der Waals surface area contributed by atoms with Gasteiger partial charge in [0.15, 0.2) is 0 Å². The van der Waals surface area contributed by atoms with E-state index in [4.69, 9.17) is 11.6 Å². The molecule has 1 atom stereocenters. The molecule has 0 aromatic rings. The van der Waals surface area contributed by atoms with E-state index < -0.39 is 0 Å². The van der Waals surface area contributed by atoms with Crippen molar-refractivity contribution in [3.63, 3.8) is 0 Å². The van der Waals surface area contributed by atoms with Crippen molar-refractivity contribution in [1.29, 1.82) is 0 Å². The Hall–Kier alpha value is 0.600. The average Bonchev–Trinajstić information content (AvgIpc) is 2.25. The molecule has 0 fully saturated rings.